The van der Waals surface area contributed by atoms with Crippen LogP contribution in [0.5, 0.6) is 0 Å². The second-order valence-corrected chi connectivity index (χ2v) is 3.65. The van der Waals surface area contributed by atoms with Crippen LogP contribution in [0.4, 0.5) is 0 Å². The van der Waals surface area contributed by atoms with E-state index in [1.54, 1.807) is 0 Å². The highest BCUT2D eigenvalue weighted by atomic mass is 16.5. The van der Waals surface area contributed by atoms with Gasteiger partial charge in [0.05, 0.1) is 6.61 Å². The molecule has 0 bridgehead atoms. The maximum absolute atomic E-state index is 5.42. The average molecular weight is 170 g/mol. The first-order valence-electron chi connectivity index (χ1n) is 4.99. The number of nitrogens with zero attached hydrogens (tertiary/aromatic N) is 1. The van der Waals surface area contributed by atoms with Gasteiger partial charge in [-0.05, 0) is 19.4 Å². The molecule has 2 saturated heterocycles. The second kappa shape index (κ2) is 4.21. The van der Waals surface area contributed by atoms with Gasteiger partial charge in [0.25, 0.3) is 0 Å². The molecule has 0 amide bonds. The normalized spacial score (nSPS) is 33.5. The Hall–Kier alpha value is -0.120. The SMILES string of the molecule is C1COCCN([C@@H]2CCNC2)C1. The number of hydrogen-bond donors (Lipinski definition) is 1. The van der Waals surface area contributed by atoms with Gasteiger partial charge >= 0.3 is 0 Å². The highest BCUT2D eigenvalue weighted by molar-refractivity contribution is 4.81. The summed E-state index contributed by atoms with van der Waals surface area (Å²) in [5, 5.41) is 3.41. The Labute approximate surface area is 74.1 Å². The molecule has 0 aromatic rings. The summed E-state index contributed by atoms with van der Waals surface area (Å²) in [4.78, 5) is 2.58. The van der Waals surface area contributed by atoms with Gasteiger partial charge in [0.15, 0.2) is 0 Å². The first-order chi connectivity index (χ1) is 5.97. The van der Waals surface area contributed by atoms with E-state index in [4.69, 9.17) is 4.74 Å². The monoisotopic (exact) mass is 170 g/mol. The molecule has 3 heteroatoms. The molecule has 12 heavy (non-hydrogen) atoms. The third kappa shape index (κ3) is 1.97. The maximum Gasteiger partial charge on any atom is 0.0593 e. The molecule has 0 radical (unpaired) electrons. The summed E-state index contributed by atoms with van der Waals surface area (Å²) < 4.78 is 5.42. The van der Waals surface area contributed by atoms with Crippen molar-refractivity contribution in [2.45, 2.75) is 18.9 Å². The molecule has 0 saturated carbocycles. The summed E-state index contributed by atoms with van der Waals surface area (Å²) in [5.74, 6) is 0. The van der Waals surface area contributed by atoms with E-state index >= 15 is 0 Å². The minimum Gasteiger partial charge on any atom is -0.380 e. The molecule has 1 atom stereocenters. The van der Waals surface area contributed by atoms with Gasteiger partial charge in [-0.25, -0.2) is 0 Å². The van der Waals surface area contributed by atoms with Crippen LogP contribution in [-0.4, -0.2) is 50.3 Å². The molecule has 2 rings (SSSR count). The van der Waals surface area contributed by atoms with E-state index in [1.807, 2.05) is 0 Å². The van der Waals surface area contributed by atoms with E-state index in [0.717, 1.165) is 25.8 Å². The first-order valence-corrected chi connectivity index (χ1v) is 4.99. The van der Waals surface area contributed by atoms with Crippen LogP contribution in [0.25, 0.3) is 0 Å². The van der Waals surface area contributed by atoms with Crippen molar-refractivity contribution >= 4 is 0 Å². The summed E-state index contributed by atoms with van der Waals surface area (Å²) in [6, 6.07) is 0.784. The van der Waals surface area contributed by atoms with Gasteiger partial charge in [-0.2, -0.15) is 0 Å². The van der Waals surface area contributed by atoms with Gasteiger partial charge in [-0.15, -0.1) is 0 Å². The van der Waals surface area contributed by atoms with Crippen LogP contribution in [0, 0.1) is 0 Å². The van der Waals surface area contributed by atoms with Crippen molar-refractivity contribution in [2.75, 3.05) is 39.4 Å². The van der Waals surface area contributed by atoms with Crippen molar-refractivity contribution in [3.8, 4) is 0 Å². The fraction of sp³-hybridized carbons (Fsp3) is 1.00. The van der Waals surface area contributed by atoms with Crippen LogP contribution in [-0.2, 0) is 4.74 Å². The lowest BCUT2D eigenvalue weighted by atomic mass is 10.2. The molecule has 70 valence electrons. The second-order valence-electron chi connectivity index (χ2n) is 3.65. The van der Waals surface area contributed by atoms with E-state index in [-0.39, 0.29) is 0 Å². The van der Waals surface area contributed by atoms with Gasteiger partial charge in [-0.1, -0.05) is 0 Å². The smallest absolute Gasteiger partial charge is 0.0593 e. The third-order valence-electron chi connectivity index (χ3n) is 2.81. The van der Waals surface area contributed by atoms with E-state index in [0.29, 0.717) is 0 Å². The van der Waals surface area contributed by atoms with Crippen molar-refractivity contribution < 1.29 is 4.74 Å². The standard InChI is InChI=1S/C9H18N2O/c1-4-11(5-7-12-6-1)9-2-3-10-8-9/h9-10H,1-8H2/t9-/m1/s1. The Morgan fingerprint density at radius 1 is 1.25 bits per heavy atom. The van der Waals surface area contributed by atoms with E-state index in [1.165, 1.54) is 32.5 Å². The minimum atomic E-state index is 0.784. The highest BCUT2D eigenvalue weighted by Crippen LogP contribution is 2.10. The summed E-state index contributed by atoms with van der Waals surface area (Å²) in [6.07, 6.45) is 2.52. The highest BCUT2D eigenvalue weighted by Gasteiger charge is 2.22. The van der Waals surface area contributed by atoms with Crippen LogP contribution < -0.4 is 5.32 Å². The van der Waals surface area contributed by atoms with E-state index in [2.05, 4.69) is 10.2 Å². The average Bonchev–Trinajstić information content (AvgIpc) is 2.48. The Balaban J connectivity index is 1.83. The van der Waals surface area contributed by atoms with Gasteiger partial charge < -0.3 is 10.1 Å². The summed E-state index contributed by atoms with van der Waals surface area (Å²) >= 11 is 0. The molecule has 3 nitrogen and oxygen atoms in total. The van der Waals surface area contributed by atoms with Crippen LogP contribution in [0.3, 0.4) is 0 Å². The number of ether oxygens (including phenoxy) is 1. The van der Waals surface area contributed by atoms with Crippen molar-refractivity contribution in [1.29, 1.82) is 0 Å². The van der Waals surface area contributed by atoms with Crippen molar-refractivity contribution in [2.24, 2.45) is 0 Å². The van der Waals surface area contributed by atoms with Crippen molar-refractivity contribution in [1.82, 2.24) is 10.2 Å². The van der Waals surface area contributed by atoms with E-state index in [9.17, 15) is 0 Å². The quantitative estimate of drug-likeness (QED) is 0.603. The molecule has 2 aliphatic rings. The molecule has 2 aliphatic heterocycles. The Bertz CT molecular complexity index is 126. The maximum atomic E-state index is 5.42. The van der Waals surface area contributed by atoms with Crippen molar-refractivity contribution in [3.05, 3.63) is 0 Å². The molecule has 0 spiro atoms. The topological polar surface area (TPSA) is 24.5 Å². The fourth-order valence-electron chi connectivity index (χ4n) is 2.08. The molecule has 0 aromatic carbocycles. The first kappa shape index (κ1) is 8.48. The van der Waals surface area contributed by atoms with Crippen molar-refractivity contribution in [3.63, 3.8) is 0 Å². The predicted octanol–water partition coefficient (Wildman–Crippen LogP) is 0.0706. The Morgan fingerprint density at radius 3 is 3.08 bits per heavy atom. The van der Waals surface area contributed by atoms with Gasteiger partial charge in [0.1, 0.15) is 0 Å². The molecule has 0 aliphatic carbocycles. The lowest BCUT2D eigenvalue weighted by molar-refractivity contribution is 0.134. The molecular formula is C9H18N2O. The van der Waals surface area contributed by atoms with Gasteiger partial charge in [0.2, 0.25) is 0 Å². The molecular weight excluding hydrogens is 152 g/mol. The van der Waals surface area contributed by atoms with Crippen LogP contribution in [0.2, 0.25) is 0 Å². The summed E-state index contributed by atoms with van der Waals surface area (Å²) in [7, 11) is 0. The van der Waals surface area contributed by atoms with E-state index < -0.39 is 0 Å². The Morgan fingerprint density at radius 2 is 2.25 bits per heavy atom. The lowest BCUT2D eigenvalue weighted by Crippen LogP contribution is -2.38. The lowest BCUT2D eigenvalue weighted by Gasteiger charge is -2.25. The van der Waals surface area contributed by atoms with Crippen LogP contribution in [0.1, 0.15) is 12.8 Å². The molecule has 0 unspecified atom stereocenters. The molecule has 2 heterocycles. The summed E-state index contributed by atoms with van der Waals surface area (Å²) in [5.41, 5.74) is 0. The zero-order valence-electron chi connectivity index (χ0n) is 7.59. The van der Waals surface area contributed by atoms with Gasteiger partial charge in [0, 0.05) is 32.3 Å². The fourth-order valence-corrected chi connectivity index (χ4v) is 2.08. The predicted molar refractivity (Wildman–Crippen MR) is 48.3 cm³/mol. The molecule has 0 aromatic heterocycles. The minimum absolute atomic E-state index is 0.784. The third-order valence-corrected chi connectivity index (χ3v) is 2.81. The molecule has 2 fully saturated rings. The number of rotatable bonds is 1. The molecule has 1 N–H and O–H groups in total. The zero-order valence-corrected chi connectivity index (χ0v) is 7.59. The van der Waals surface area contributed by atoms with Gasteiger partial charge in [-0.3, -0.25) is 4.90 Å². The largest absolute Gasteiger partial charge is 0.380 e. The Kier molecular flexibility index (Phi) is 2.98. The zero-order chi connectivity index (χ0) is 8.23. The number of hydrogen-bond acceptors (Lipinski definition) is 3. The number of nitrogens with one attached hydrogen (secondary N) is 1. The summed E-state index contributed by atoms with van der Waals surface area (Å²) in [6.45, 7) is 6.62. The van der Waals surface area contributed by atoms with Crippen LogP contribution in [0.15, 0.2) is 0 Å². The van der Waals surface area contributed by atoms with Crippen LogP contribution >= 0.6 is 0 Å².